The highest BCUT2D eigenvalue weighted by Crippen LogP contribution is 2.24. The van der Waals surface area contributed by atoms with E-state index in [-0.39, 0.29) is 0 Å². The van der Waals surface area contributed by atoms with Gasteiger partial charge in [-0.3, -0.25) is 0 Å². The van der Waals surface area contributed by atoms with Crippen molar-refractivity contribution in [3.8, 4) is 0 Å². The molecule has 0 heterocycles. The van der Waals surface area contributed by atoms with Gasteiger partial charge in [-0.2, -0.15) is 0 Å². The number of benzene rings is 1. The lowest BCUT2D eigenvalue weighted by Crippen LogP contribution is -2.23. The summed E-state index contributed by atoms with van der Waals surface area (Å²) in [5.74, 6) is 1.34. The van der Waals surface area contributed by atoms with Gasteiger partial charge in [-0.25, -0.2) is 0 Å². The molecule has 0 aliphatic rings. The van der Waals surface area contributed by atoms with Crippen LogP contribution in [0.3, 0.4) is 0 Å². The van der Waals surface area contributed by atoms with E-state index in [9.17, 15) is 0 Å². The van der Waals surface area contributed by atoms with E-state index in [4.69, 9.17) is 0 Å². The summed E-state index contributed by atoms with van der Waals surface area (Å²) >= 11 is 0. The Morgan fingerprint density at radius 3 is 2.07 bits per heavy atom. The summed E-state index contributed by atoms with van der Waals surface area (Å²) < 4.78 is 0. The van der Waals surface area contributed by atoms with Gasteiger partial charge in [-0.15, -0.1) is 0 Å². The van der Waals surface area contributed by atoms with E-state index in [1.807, 2.05) is 0 Å². The first kappa shape index (κ1) is 11.3. The zero-order chi connectivity index (χ0) is 10.6. The van der Waals surface area contributed by atoms with Gasteiger partial charge in [-0.1, -0.05) is 44.2 Å². The second kappa shape index (κ2) is 5.16. The smallest absolute Gasteiger partial charge is 0.00466 e. The zero-order valence-electron chi connectivity index (χ0n) is 9.70. The summed E-state index contributed by atoms with van der Waals surface area (Å²) in [5.41, 5.74) is 1.45. The largest absolute Gasteiger partial charge is 0.309 e. The molecule has 0 fully saturated rings. The lowest BCUT2D eigenvalue weighted by molar-refractivity contribution is 0.330. The van der Waals surface area contributed by atoms with Gasteiger partial charge in [0, 0.05) is 6.54 Å². The van der Waals surface area contributed by atoms with Gasteiger partial charge in [0.2, 0.25) is 0 Å². The molecular formula is C13H21N. The van der Waals surface area contributed by atoms with Gasteiger partial charge >= 0.3 is 0 Å². The van der Waals surface area contributed by atoms with Crippen molar-refractivity contribution >= 4 is 0 Å². The number of nitrogens with zero attached hydrogens (tertiary/aromatic N) is 1. The summed E-state index contributed by atoms with van der Waals surface area (Å²) in [7, 11) is 4.27. The van der Waals surface area contributed by atoms with Crippen LogP contribution in [0, 0.1) is 5.92 Å². The Kier molecular flexibility index (Phi) is 4.15. The van der Waals surface area contributed by atoms with Crippen molar-refractivity contribution in [3.63, 3.8) is 0 Å². The van der Waals surface area contributed by atoms with E-state index in [0.29, 0.717) is 11.8 Å². The third-order valence-electron chi connectivity index (χ3n) is 2.59. The van der Waals surface area contributed by atoms with Gasteiger partial charge < -0.3 is 4.90 Å². The SMILES string of the molecule is CC(C)[C@H](CN(C)C)c1ccccc1. The molecule has 0 aliphatic heterocycles. The van der Waals surface area contributed by atoms with Crippen LogP contribution in [-0.4, -0.2) is 25.5 Å². The Bertz CT molecular complexity index is 251. The van der Waals surface area contributed by atoms with Crippen LogP contribution in [0.5, 0.6) is 0 Å². The van der Waals surface area contributed by atoms with E-state index in [2.05, 4.69) is 63.2 Å². The third kappa shape index (κ3) is 3.15. The highest BCUT2D eigenvalue weighted by Gasteiger charge is 2.15. The molecule has 78 valence electrons. The van der Waals surface area contributed by atoms with Crippen LogP contribution >= 0.6 is 0 Å². The fourth-order valence-corrected chi connectivity index (χ4v) is 1.79. The van der Waals surface area contributed by atoms with Gasteiger partial charge in [-0.05, 0) is 31.5 Å². The molecule has 0 saturated carbocycles. The van der Waals surface area contributed by atoms with Crippen LogP contribution in [0.2, 0.25) is 0 Å². The molecule has 0 bridgehead atoms. The number of hydrogen-bond acceptors (Lipinski definition) is 1. The average Bonchev–Trinajstić information content (AvgIpc) is 2.15. The fraction of sp³-hybridized carbons (Fsp3) is 0.538. The highest BCUT2D eigenvalue weighted by atomic mass is 15.1. The van der Waals surface area contributed by atoms with Gasteiger partial charge in [0.15, 0.2) is 0 Å². The highest BCUT2D eigenvalue weighted by molar-refractivity contribution is 5.20. The molecule has 0 N–H and O–H groups in total. The minimum atomic E-state index is 0.645. The summed E-state index contributed by atoms with van der Waals surface area (Å²) in [6, 6.07) is 10.8. The number of likely N-dealkylation sites (N-methyl/N-ethyl adjacent to an activating group) is 1. The topological polar surface area (TPSA) is 3.24 Å². The monoisotopic (exact) mass is 191 g/mol. The number of hydrogen-bond donors (Lipinski definition) is 0. The first-order valence-electron chi connectivity index (χ1n) is 5.31. The molecule has 1 heteroatoms. The van der Waals surface area contributed by atoms with E-state index < -0.39 is 0 Å². The Morgan fingerprint density at radius 1 is 1.07 bits per heavy atom. The molecule has 1 rings (SSSR count). The third-order valence-corrected chi connectivity index (χ3v) is 2.59. The van der Waals surface area contributed by atoms with E-state index in [1.54, 1.807) is 0 Å². The lowest BCUT2D eigenvalue weighted by atomic mass is 9.88. The van der Waals surface area contributed by atoms with Crippen LogP contribution in [0.15, 0.2) is 30.3 Å². The Morgan fingerprint density at radius 2 is 1.64 bits per heavy atom. The average molecular weight is 191 g/mol. The van der Waals surface area contributed by atoms with E-state index in [1.165, 1.54) is 5.56 Å². The predicted octanol–water partition coefficient (Wildman–Crippen LogP) is 2.99. The van der Waals surface area contributed by atoms with Crippen molar-refractivity contribution in [1.82, 2.24) is 4.90 Å². The van der Waals surface area contributed by atoms with Crippen LogP contribution < -0.4 is 0 Å². The Labute approximate surface area is 87.7 Å². The standard InChI is InChI=1S/C13H21N/c1-11(2)13(10-14(3)4)12-8-6-5-7-9-12/h5-9,11,13H,10H2,1-4H3/t13-/m0/s1. The molecule has 0 aromatic heterocycles. The lowest BCUT2D eigenvalue weighted by Gasteiger charge is -2.24. The Hall–Kier alpha value is -0.820. The summed E-state index contributed by atoms with van der Waals surface area (Å²) in [6.07, 6.45) is 0. The number of rotatable bonds is 4. The molecule has 1 nitrogen and oxygen atoms in total. The van der Waals surface area contributed by atoms with Crippen molar-refractivity contribution in [1.29, 1.82) is 0 Å². The molecule has 14 heavy (non-hydrogen) atoms. The Balaban J connectivity index is 2.78. The summed E-state index contributed by atoms with van der Waals surface area (Å²) in [5, 5.41) is 0. The predicted molar refractivity (Wildman–Crippen MR) is 62.6 cm³/mol. The molecule has 0 saturated heterocycles. The van der Waals surface area contributed by atoms with Crippen molar-refractivity contribution in [2.45, 2.75) is 19.8 Å². The maximum atomic E-state index is 2.29. The molecule has 0 amide bonds. The molecule has 0 spiro atoms. The van der Waals surface area contributed by atoms with Crippen LogP contribution in [-0.2, 0) is 0 Å². The quantitative estimate of drug-likeness (QED) is 0.707. The minimum absolute atomic E-state index is 0.645. The summed E-state index contributed by atoms with van der Waals surface area (Å²) in [4.78, 5) is 2.26. The van der Waals surface area contributed by atoms with Crippen molar-refractivity contribution in [2.24, 2.45) is 5.92 Å². The van der Waals surface area contributed by atoms with E-state index >= 15 is 0 Å². The minimum Gasteiger partial charge on any atom is -0.309 e. The van der Waals surface area contributed by atoms with Gasteiger partial charge in [0.25, 0.3) is 0 Å². The molecular weight excluding hydrogens is 170 g/mol. The van der Waals surface area contributed by atoms with E-state index in [0.717, 1.165) is 6.54 Å². The van der Waals surface area contributed by atoms with Crippen molar-refractivity contribution < 1.29 is 0 Å². The fourth-order valence-electron chi connectivity index (χ4n) is 1.79. The van der Waals surface area contributed by atoms with Crippen LogP contribution in [0.25, 0.3) is 0 Å². The van der Waals surface area contributed by atoms with Crippen molar-refractivity contribution in [3.05, 3.63) is 35.9 Å². The van der Waals surface area contributed by atoms with Gasteiger partial charge in [0.05, 0.1) is 0 Å². The first-order valence-corrected chi connectivity index (χ1v) is 5.31. The van der Waals surface area contributed by atoms with Crippen LogP contribution in [0.4, 0.5) is 0 Å². The second-order valence-corrected chi connectivity index (χ2v) is 4.52. The first-order chi connectivity index (χ1) is 6.61. The maximum Gasteiger partial charge on any atom is 0.00466 e. The molecule has 1 atom stereocenters. The molecule has 1 aromatic rings. The molecule has 0 radical (unpaired) electrons. The molecule has 0 aliphatic carbocycles. The maximum absolute atomic E-state index is 2.29. The van der Waals surface area contributed by atoms with Crippen molar-refractivity contribution in [2.75, 3.05) is 20.6 Å². The zero-order valence-corrected chi connectivity index (χ0v) is 9.70. The normalized spacial score (nSPS) is 13.6. The molecule has 0 unspecified atom stereocenters. The van der Waals surface area contributed by atoms with Crippen LogP contribution in [0.1, 0.15) is 25.3 Å². The molecule has 1 aromatic carbocycles. The second-order valence-electron chi connectivity index (χ2n) is 4.52. The van der Waals surface area contributed by atoms with Gasteiger partial charge in [0.1, 0.15) is 0 Å². The summed E-state index contributed by atoms with van der Waals surface area (Å²) in [6.45, 7) is 5.71.